The summed E-state index contributed by atoms with van der Waals surface area (Å²) in [7, 11) is 0. The van der Waals surface area contributed by atoms with Crippen molar-refractivity contribution in [3.8, 4) is 11.3 Å². The zero-order valence-corrected chi connectivity index (χ0v) is 22.3. The summed E-state index contributed by atoms with van der Waals surface area (Å²) in [6.07, 6.45) is 3.86. The maximum absolute atomic E-state index is 13.6. The van der Waals surface area contributed by atoms with Crippen molar-refractivity contribution in [2.24, 2.45) is 0 Å². The van der Waals surface area contributed by atoms with E-state index in [1.54, 1.807) is 34.3 Å². The number of carbonyl (C=O) groups excluding carboxylic acids is 2. The number of urea groups is 1. The molecule has 3 aliphatic rings. The molecule has 3 aromatic rings. The second kappa shape index (κ2) is 11.0. The normalized spacial score (nSPS) is 17.1. The van der Waals surface area contributed by atoms with Gasteiger partial charge in [0, 0.05) is 67.5 Å². The summed E-state index contributed by atoms with van der Waals surface area (Å²) < 4.78 is 10.9. The van der Waals surface area contributed by atoms with Crippen molar-refractivity contribution in [1.82, 2.24) is 24.8 Å². The average molecular weight is 546 g/mol. The molecule has 0 unspecified atom stereocenters. The van der Waals surface area contributed by atoms with Crippen molar-refractivity contribution in [2.45, 2.75) is 13.3 Å². The van der Waals surface area contributed by atoms with Gasteiger partial charge in [-0.15, -0.1) is 0 Å². The number of aryl methyl sites for hydroxylation is 1. The molecule has 0 radical (unpaired) electrons. The van der Waals surface area contributed by atoms with Crippen LogP contribution in [0.3, 0.4) is 0 Å². The van der Waals surface area contributed by atoms with Crippen LogP contribution in [0.15, 0.2) is 30.6 Å². The number of nitrogens with zero attached hydrogens (tertiary/aromatic N) is 7. The van der Waals surface area contributed by atoms with E-state index >= 15 is 0 Å². The van der Waals surface area contributed by atoms with Gasteiger partial charge in [0.2, 0.25) is 11.9 Å². The lowest BCUT2D eigenvalue weighted by Gasteiger charge is -2.28. The molecule has 208 valence electrons. The summed E-state index contributed by atoms with van der Waals surface area (Å²) in [5, 5.41) is 3.01. The maximum atomic E-state index is 13.6. The van der Waals surface area contributed by atoms with E-state index < -0.39 is 0 Å². The van der Waals surface area contributed by atoms with E-state index in [1.807, 2.05) is 17.9 Å². The molecule has 0 aliphatic carbocycles. The first-order chi connectivity index (χ1) is 19.5. The van der Waals surface area contributed by atoms with Crippen LogP contribution in [0.2, 0.25) is 0 Å². The third-order valence-electron chi connectivity index (χ3n) is 7.31. The lowest BCUT2D eigenvalue weighted by molar-refractivity contribution is 0.0303. The Kier molecular flexibility index (Phi) is 7.13. The average Bonchev–Trinajstić information content (AvgIpc) is 3.43. The number of benzene rings is 1. The smallest absolute Gasteiger partial charge is 0.327 e. The molecule has 2 fully saturated rings. The number of morpholine rings is 2. The van der Waals surface area contributed by atoms with Gasteiger partial charge in [-0.2, -0.15) is 4.98 Å². The van der Waals surface area contributed by atoms with E-state index in [0.717, 1.165) is 11.1 Å². The summed E-state index contributed by atoms with van der Waals surface area (Å²) in [6.45, 7) is 7.00. The molecular weight excluding hydrogens is 514 g/mol. The van der Waals surface area contributed by atoms with Crippen molar-refractivity contribution < 1.29 is 19.1 Å². The van der Waals surface area contributed by atoms with Crippen molar-refractivity contribution in [3.05, 3.63) is 47.3 Å². The summed E-state index contributed by atoms with van der Waals surface area (Å²) in [6, 6.07) is 5.02. The molecule has 0 bridgehead atoms. The number of aromatic nitrogens is 4. The monoisotopic (exact) mass is 545 g/mol. The van der Waals surface area contributed by atoms with Crippen LogP contribution in [0, 0.1) is 6.92 Å². The summed E-state index contributed by atoms with van der Waals surface area (Å²) >= 11 is 0. The van der Waals surface area contributed by atoms with Gasteiger partial charge >= 0.3 is 6.03 Å². The molecule has 0 atom stereocenters. The first kappa shape index (κ1) is 25.9. The highest BCUT2D eigenvalue weighted by Gasteiger charge is 2.32. The van der Waals surface area contributed by atoms with Crippen molar-refractivity contribution in [2.75, 3.05) is 80.0 Å². The first-order valence-corrected chi connectivity index (χ1v) is 13.4. The van der Waals surface area contributed by atoms with Gasteiger partial charge in [0.25, 0.3) is 5.91 Å². The van der Waals surface area contributed by atoms with E-state index in [4.69, 9.17) is 25.2 Å². The Morgan fingerprint density at radius 1 is 0.950 bits per heavy atom. The van der Waals surface area contributed by atoms with E-state index in [1.165, 1.54) is 0 Å². The fraction of sp³-hybridized carbons (Fsp3) is 0.407. The highest BCUT2D eigenvalue weighted by atomic mass is 16.5. The Bertz CT molecular complexity index is 1420. The number of ether oxygens (including phenoxy) is 2. The molecule has 3 N–H and O–H groups in total. The standard InChI is InChI=1S/C27H31N9O4/c1-17-14-18(24(37)34-6-10-39-11-7-34)2-3-21(17)31-27(38)36-5-4-20-22(19-15-29-25(28)30-16-19)32-26(33-23(20)36)35-8-12-40-13-9-35/h2-3,14-16H,4-13H2,1H3,(H,31,38)(H2,28,29,30). The van der Waals surface area contributed by atoms with Crippen molar-refractivity contribution in [3.63, 3.8) is 0 Å². The van der Waals surface area contributed by atoms with Gasteiger partial charge in [-0.1, -0.05) is 0 Å². The van der Waals surface area contributed by atoms with E-state index in [-0.39, 0.29) is 17.9 Å². The number of nitrogens with one attached hydrogen (secondary N) is 1. The molecule has 0 spiro atoms. The van der Waals surface area contributed by atoms with Gasteiger partial charge in [0.05, 0.1) is 32.1 Å². The van der Waals surface area contributed by atoms with Gasteiger partial charge < -0.3 is 30.3 Å². The SMILES string of the molecule is Cc1cc(C(=O)N2CCOCC2)ccc1NC(=O)N1CCc2c(-c3cnc(N)nc3)nc(N3CCOCC3)nc21. The zero-order chi connectivity index (χ0) is 27.6. The molecule has 2 saturated heterocycles. The minimum atomic E-state index is -0.305. The van der Waals surface area contributed by atoms with Crippen LogP contribution in [0.4, 0.5) is 28.2 Å². The molecule has 1 aromatic carbocycles. The van der Waals surface area contributed by atoms with Crippen molar-refractivity contribution >= 4 is 35.3 Å². The van der Waals surface area contributed by atoms with E-state index in [9.17, 15) is 9.59 Å². The number of hydrogen-bond donors (Lipinski definition) is 2. The number of carbonyl (C=O) groups is 2. The predicted molar refractivity (Wildman–Crippen MR) is 148 cm³/mol. The molecule has 2 aromatic heterocycles. The highest BCUT2D eigenvalue weighted by molar-refractivity contribution is 6.04. The quantitative estimate of drug-likeness (QED) is 0.496. The van der Waals surface area contributed by atoms with Gasteiger partial charge in [-0.05, 0) is 37.1 Å². The lowest BCUT2D eigenvalue weighted by Crippen LogP contribution is -2.40. The molecule has 6 rings (SSSR count). The minimum absolute atomic E-state index is 0.0377. The van der Waals surface area contributed by atoms with E-state index in [0.29, 0.717) is 99.8 Å². The number of amides is 3. The molecule has 3 aliphatic heterocycles. The van der Waals surface area contributed by atoms with Crippen LogP contribution in [-0.2, 0) is 15.9 Å². The summed E-state index contributed by atoms with van der Waals surface area (Å²) in [4.78, 5) is 49.9. The van der Waals surface area contributed by atoms with Crippen LogP contribution in [-0.4, -0.2) is 95.9 Å². The Balaban J connectivity index is 1.27. The van der Waals surface area contributed by atoms with Crippen LogP contribution < -0.4 is 20.9 Å². The molecule has 3 amide bonds. The topological polar surface area (TPSA) is 152 Å². The maximum Gasteiger partial charge on any atom is 0.327 e. The third-order valence-corrected chi connectivity index (χ3v) is 7.31. The van der Waals surface area contributed by atoms with E-state index in [2.05, 4.69) is 15.3 Å². The Morgan fingerprint density at radius 2 is 1.65 bits per heavy atom. The fourth-order valence-corrected chi connectivity index (χ4v) is 5.11. The second-order valence-corrected chi connectivity index (χ2v) is 9.87. The summed E-state index contributed by atoms with van der Waals surface area (Å²) in [5.41, 5.74) is 9.97. The second-order valence-electron chi connectivity index (χ2n) is 9.87. The fourth-order valence-electron chi connectivity index (χ4n) is 5.11. The molecule has 0 saturated carbocycles. The van der Waals surface area contributed by atoms with Crippen LogP contribution >= 0.6 is 0 Å². The Morgan fingerprint density at radius 3 is 2.35 bits per heavy atom. The number of nitrogens with two attached hydrogens (primary N) is 1. The molecule has 40 heavy (non-hydrogen) atoms. The molecule has 13 nitrogen and oxygen atoms in total. The van der Waals surface area contributed by atoms with Gasteiger partial charge in [0.1, 0.15) is 5.82 Å². The zero-order valence-electron chi connectivity index (χ0n) is 22.3. The predicted octanol–water partition coefficient (Wildman–Crippen LogP) is 1.73. The molecule has 13 heteroatoms. The lowest BCUT2D eigenvalue weighted by atomic mass is 10.1. The first-order valence-electron chi connectivity index (χ1n) is 13.4. The third kappa shape index (κ3) is 5.12. The van der Waals surface area contributed by atoms with Gasteiger partial charge in [-0.25, -0.2) is 19.7 Å². The van der Waals surface area contributed by atoms with Gasteiger partial charge in [-0.3, -0.25) is 9.69 Å². The number of anilines is 4. The van der Waals surface area contributed by atoms with Crippen LogP contribution in [0.25, 0.3) is 11.3 Å². The van der Waals surface area contributed by atoms with Gasteiger partial charge in [0.15, 0.2) is 0 Å². The Hall–Kier alpha value is -4.36. The number of rotatable bonds is 4. The van der Waals surface area contributed by atoms with Crippen LogP contribution in [0.5, 0.6) is 0 Å². The highest BCUT2D eigenvalue weighted by Crippen LogP contribution is 2.36. The summed E-state index contributed by atoms with van der Waals surface area (Å²) in [5.74, 6) is 1.22. The largest absolute Gasteiger partial charge is 0.378 e. The number of nitrogen functional groups attached to an aromatic ring is 1. The Labute approximate surface area is 231 Å². The van der Waals surface area contributed by atoms with Crippen LogP contribution in [0.1, 0.15) is 21.5 Å². The number of hydrogen-bond acceptors (Lipinski definition) is 10. The minimum Gasteiger partial charge on any atom is -0.378 e. The molecular formula is C27H31N9O4. The van der Waals surface area contributed by atoms with Crippen molar-refractivity contribution in [1.29, 1.82) is 0 Å². The number of fused-ring (bicyclic) bond motifs is 1. The molecule has 5 heterocycles.